The predicted octanol–water partition coefficient (Wildman–Crippen LogP) is 3.77. The van der Waals surface area contributed by atoms with E-state index in [1.807, 2.05) is 30.3 Å². The Morgan fingerprint density at radius 3 is 2.94 bits per heavy atom. The quantitative estimate of drug-likeness (QED) is 0.332. The van der Waals surface area contributed by atoms with Crippen molar-refractivity contribution < 1.29 is 14.6 Å². The second kappa shape index (κ2) is 10.3. The molecule has 5 rings (SSSR count). The highest BCUT2D eigenvalue weighted by Crippen LogP contribution is 2.34. The maximum atomic E-state index is 9.68. The van der Waals surface area contributed by atoms with Gasteiger partial charge in [0.2, 0.25) is 5.88 Å². The fraction of sp³-hybridized carbons (Fsp3) is 0.292. The molecule has 0 bridgehead atoms. The molecule has 1 atom stereocenters. The summed E-state index contributed by atoms with van der Waals surface area (Å²) in [5.74, 6) is 1.08. The molecule has 1 aromatic carbocycles. The highest BCUT2D eigenvalue weighted by Gasteiger charge is 2.20. The van der Waals surface area contributed by atoms with Crippen molar-refractivity contribution in [3.8, 4) is 11.6 Å². The monoisotopic (exact) mass is 480 g/mol. The Labute approximate surface area is 201 Å². The third-order valence-corrected chi connectivity index (χ3v) is 5.94. The minimum Gasteiger partial charge on any atom is -0.486 e. The van der Waals surface area contributed by atoms with Crippen LogP contribution in [0.5, 0.6) is 11.6 Å². The zero-order valence-corrected chi connectivity index (χ0v) is 19.2. The molecule has 9 nitrogen and oxygen atoms in total. The Bertz CT molecular complexity index is 1250. The lowest BCUT2D eigenvalue weighted by Gasteiger charge is -2.15. The van der Waals surface area contributed by atoms with Crippen LogP contribution in [0, 0.1) is 0 Å². The number of β-amino-alcohol motifs (C(OH)–C–C–N with tert-alkyl or cyclic N) is 1. The number of pyridine rings is 2. The fourth-order valence-corrected chi connectivity index (χ4v) is 4.15. The first-order valence-corrected chi connectivity index (χ1v) is 11.5. The molecule has 176 valence electrons. The zero-order chi connectivity index (χ0) is 23.3. The van der Waals surface area contributed by atoms with Gasteiger partial charge in [-0.05, 0) is 36.8 Å². The molecule has 0 unspecified atom stereocenters. The van der Waals surface area contributed by atoms with Crippen LogP contribution in [-0.2, 0) is 6.61 Å². The molecule has 34 heavy (non-hydrogen) atoms. The number of benzene rings is 1. The number of halogens is 1. The summed E-state index contributed by atoms with van der Waals surface area (Å²) in [7, 11) is 0. The molecule has 10 heteroatoms. The number of rotatable bonds is 9. The minimum absolute atomic E-state index is 0.244. The van der Waals surface area contributed by atoms with Gasteiger partial charge in [0.1, 0.15) is 19.0 Å². The van der Waals surface area contributed by atoms with Crippen molar-refractivity contribution in [1.29, 1.82) is 0 Å². The number of aromatic amines is 1. The predicted molar refractivity (Wildman–Crippen MR) is 130 cm³/mol. The van der Waals surface area contributed by atoms with Crippen molar-refractivity contribution in [2.75, 3.05) is 31.6 Å². The summed E-state index contributed by atoms with van der Waals surface area (Å²) < 4.78 is 11.8. The van der Waals surface area contributed by atoms with Gasteiger partial charge in [0.15, 0.2) is 0 Å². The second-order valence-electron chi connectivity index (χ2n) is 8.11. The molecule has 3 aromatic heterocycles. The van der Waals surface area contributed by atoms with Crippen LogP contribution in [0.2, 0.25) is 5.02 Å². The van der Waals surface area contributed by atoms with Gasteiger partial charge in [-0.1, -0.05) is 17.7 Å². The number of H-pyrrole nitrogens is 1. The summed E-state index contributed by atoms with van der Waals surface area (Å²) in [6.45, 7) is 3.11. The van der Waals surface area contributed by atoms with E-state index in [4.69, 9.17) is 21.1 Å². The number of nitrogens with zero attached hydrogens (tertiary/aromatic N) is 4. The number of aromatic nitrogens is 4. The number of likely N-dealkylation sites (tertiary alicyclic amines) is 1. The molecular formula is C24H25ClN6O3. The second-order valence-corrected chi connectivity index (χ2v) is 8.52. The van der Waals surface area contributed by atoms with Crippen molar-refractivity contribution in [2.45, 2.75) is 19.1 Å². The molecule has 4 heterocycles. The standard InChI is InChI=1S/C24H25ClN6O3/c25-19-11-16(4-5-22(19)34-15-17-3-1-2-7-27-17)28-20-12-26-13-21-23(20)24(30-29-21)33-10-9-31-8-6-18(32)14-31/h1-5,7,11-13,18,28,32H,6,8-10,14-15H2,(H,29,30)/t18-/m1/s1. The maximum Gasteiger partial charge on any atom is 0.242 e. The van der Waals surface area contributed by atoms with E-state index < -0.39 is 0 Å². The third kappa shape index (κ3) is 5.22. The summed E-state index contributed by atoms with van der Waals surface area (Å²) in [4.78, 5) is 10.7. The van der Waals surface area contributed by atoms with Crippen LogP contribution in [0.4, 0.5) is 11.4 Å². The van der Waals surface area contributed by atoms with Gasteiger partial charge in [-0.3, -0.25) is 20.0 Å². The molecule has 0 aliphatic carbocycles. The van der Waals surface area contributed by atoms with Crippen molar-refractivity contribution >= 4 is 33.9 Å². The number of hydrogen-bond acceptors (Lipinski definition) is 8. The summed E-state index contributed by atoms with van der Waals surface area (Å²) in [5.41, 5.74) is 3.11. The lowest BCUT2D eigenvalue weighted by molar-refractivity contribution is 0.167. The lowest BCUT2D eigenvalue weighted by atomic mass is 10.2. The topological polar surface area (TPSA) is 108 Å². The highest BCUT2D eigenvalue weighted by atomic mass is 35.5. The van der Waals surface area contributed by atoms with Gasteiger partial charge < -0.3 is 19.9 Å². The van der Waals surface area contributed by atoms with Gasteiger partial charge in [-0.15, -0.1) is 5.10 Å². The van der Waals surface area contributed by atoms with Gasteiger partial charge in [0.05, 0.1) is 45.8 Å². The summed E-state index contributed by atoms with van der Waals surface area (Å²) in [5, 5.41) is 21.6. The van der Waals surface area contributed by atoms with E-state index in [1.54, 1.807) is 24.7 Å². The Balaban J connectivity index is 1.26. The van der Waals surface area contributed by atoms with E-state index in [-0.39, 0.29) is 6.10 Å². The van der Waals surface area contributed by atoms with E-state index >= 15 is 0 Å². The number of hydrogen-bond donors (Lipinski definition) is 3. The van der Waals surface area contributed by atoms with Crippen molar-refractivity contribution in [3.05, 3.63) is 65.7 Å². The maximum absolute atomic E-state index is 9.68. The summed E-state index contributed by atoms with van der Waals surface area (Å²) in [6.07, 6.45) is 5.72. The van der Waals surface area contributed by atoms with Gasteiger partial charge in [-0.25, -0.2) is 0 Å². The Kier molecular flexibility index (Phi) is 6.75. The number of fused-ring (bicyclic) bond motifs is 1. The van der Waals surface area contributed by atoms with Gasteiger partial charge >= 0.3 is 0 Å². The van der Waals surface area contributed by atoms with Crippen molar-refractivity contribution in [2.24, 2.45) is 0 Å². The van der Waals surface area contributed by atoms with Crippen LogP contribution in [0.15, 0.2) is 55.0 Å². The van der Waals surface area contributed by atoms with Gasteiger partial charge in [0.25, 0.3) is 0 Å². The number of aliphatic hydroxyl groups excluding tert-OH is 1. The molecule has 4 aromatic rings. The van der Waals surface area contributed by atoms with Crippen LogP contribution >= 0.6 is 11.6 Å². The Hall–Kier alpha value is -3.40. The first kappa shape index (κ1) is 22.4. The van der Waals surface area contributed by atoms with Crippen LogP contribution in [0.3, 0.4) is 0 Å². The SMILES string of the molecule is O[C@@H]1CCN(CCOc2n[nH]c3cncc(Nc4ccc(OCc5ccccn5)c(Cl)c4)c23)C1. The van der Waals surface area contributed by atoms with E-state index in [1.165, 1.54) is 0 Å². The molecule has 0 amide bonds. The number of nitrogens with one attached hydrogen (secondary N) is 2. The average Bonchev–Trinajstić information content (AvgIpc) is 3.46. The van der Waals surface area contributed by atoms with Crippen LogP contribution in [0.25, 0.3) is 10.9 Å². The molecular weight excluding hydrogens is 456 g/mol. The summed E-state index contributed by atoms with van der Waals surface area (Å²) >= 11 is 6.46. The van der Waals surface area contributed by atoms with Gasteiger partial charge in [-0.2, -0.15) is 0 Å². The minimum atomic E-state index is -0.244. The van der Waals surface area contributed by atoms with Gasteiger partial charge in [0, 0.05) is 31.5 Å². The first-order chi connectivity index (χ1) is 16.7. The Morgan fingerprint density at radius 2 is 2.15 bits per heavy atom. The van der Waals surface area contributed by atoms with Crippen LogP contribution in [0.1, 0.15) is 12.1 Å². The van der Waals surface area contributed by atoms with E-state index in [2.05, 4.69) is 30.4 Å². The number of ether oxygens (including phenoxy) is 2. The number of aliphatic hydroxyl groups is 1. The molecule has 1 aliphatic heterocycles. The molecule has 3 N–H and O–H groups in total. The van der Waals surface area contributed by atoms with Crippen molar-refractivity contribution in [1.82, 2.24) is 25.1 Å². The van der Waals surface area contributed by atoms with E-state index in [9.17, 15) is 5.11 Å². The normalized spacial score (nSPS) is 16.1. The lowest BCUT2D eigenvalue weighted by Crippen LogP contribution is -2.27. The molecule has 0 spiro atoms. The van der Waals surface area contributed by atoms with Crippen LogP contribution < -0.4 is 14.8 Å². The molecule has 0 saturated carbocycles. The first-order valence-electron chi connectivity index (χ1n) is 11.1. The third-order valence-electron chi connectivity index (χ3n) is 5.64. The zero-order valence-electron chi connectivity index (χ0n) is 18.4. The highest BCUT2D eigenvalue weighted by molar-refractivity contribution is 6.32. The summed E-state index contributed by atoms with van der Waals surface area (Å²) in [6, 6.07) is 11.2. The molecule has 1 fully saturated rings. The molecule has 0 radical (unpaired) electrons. The molecule has 1 aliphatic rings. The van der Waals surface area contributed by atoms with E-state index in [0.717, 1.165) is 47.5 Å². The van der Waals surface area contributed by atoms with E-state index in [0.29, 0.717) is 36.4 Å². The Morgan fingerprint density at radius 1 is 1.21 bits per heavy atom. The van der Waals surface area contributed by atoms with Crippen LogP contribution in [-0.4, -0.2) is 62.5 Å². The van der Waals surface area contributed by atoms with Crippen molar-refractivity contribution in [3.63, 3.8) is 0 Å². The number of anilines is 2. The average molecular weight is 481 g/mol. The smallest absolute Gasteiger partial charge is 0.242 e. The fourth-order valence-electron chi connectivity index (χ4n) is 3.91. The largest absolute Gasteiger partial charge is 0.486 e. The molecule has 1 saturated heterocycles.